The molecule has 2 rings (SSSR count). The van der Waals surface area contributed by atoms with Gasteiger partial charge in [-0.15, -0.1) is 0 Å². The van der Waals surface area contributed by atoms with Crippen molar-refractivity contribution in [2.45, 2.75) is 0 Å². The Morgan fingerprint density at radius 3 is 2.57 bits per heavy atom. The monoisotopic (exact) mass is 354 g/mol. The second-order valence-corrected chi connectivity index (χ2v) is 5.27. The number of carbonyl (C=O) groups excluding carboxylic acids is 1. The van der Waals surface area contributed by atoms with Crippen LogP contribution in [-0.4, -0.2) is 23.6 Å². The molecule has 0 fully saturated rings. The highest BCUT2D eigenvalue weighted by molar-refractivity contribution is 6.35. The molecular weight excluding hydrogens is 345 g/mol. The molecule has 0 aromatic heterocycles. The average Bonchev–Trinajstić information content (AvgIpc) is 2.48. The van der Waals surface area contributed by atoms with Gasteiger partial charge in [-0.3, -0.25) is 4.79 Å². The topological polar surface area (TPSA) is 98.7 Å². The molecule has 0 spiro atoms. The van der Waals surface area contributed by atoms with Gasteiger partial charge in [-0.2, -0.15) is 0 Å². The predicted octanol–water partition coefficient (Wildman–Crippen LogP) is 2.78. The Morgan fingerprint density at radius 1 is 1.17 bits per heavy atom. The van der Waals surface area contributed by atoms with E-state index in [1.165, 1.54) is 18.2 Å². The Hall–Kier alpha value is -2.44. The molecule has 0 aliphatic heterocycles. The predicted molar refractivity (Wildman–Crippen MR) is 83.4 cm³/mol. The molecular formula is C15H10Cl2NO5-. The van der Waals surface area contributed by atoms with Gasteiger partial charge in [0.1, 0.15) is 5.75 Å². The van der Waals surface area contributed by atoms with E-state index in [-0.39, 0.29) is 23.1 Å². The zero-order chi connectivity index (χ0) is 17.0. The summed E-state index contributed by atoms with van der Waals surface area (Å²) < 4.78 is 5.25. The largest absolute Gasteiger partial charge is 0.872 e. The van der Waals surface area contributed by atoms with Crippen LogP contribution in [-0.2, 0) is 4.79 Å². The fourth-order valence-electron chi connectivity index (χ4n) is 1.71. The highest BCUT2D eigenvalue weighted by Crippen LogP contribution is 2.27. The number of carbonyl (C=O) groups is 2. The zero-order valence-electron chi connectivity index (χ0n) is 11.5. The number of amides is 1. The van der Waals surface area contributed by atoms with Gasteiger partial charge in [-0.25, -0.2) is 4.79 Å². The van der Waals surface area contributed by atoms with Gasteiger partial charge in [-0.05, 0) is 30.3 Å². The van der Waals surface area contributed by atoms with Crippen molar-refractivity contribution in [1.29, 1.82) is 0 Å². The van der Waals surface area contributed by atoms with Gasteiger partial charge in [0, 0.05) is 10.7 Å². The summed E-state index contributed by atoms with van der Waals surface area (Å²) >= 11 is 11.7. The Morgan fingerprint density at radius 2 is 1.91 bits per heavy atom. The molecule has 0 unspecified atom stereocenters. The van der Waals surface area contributed by atoms with Crippen LogP contribution in [0.15, 0.2) is 36.4 Å². The number of anilines is 1. The fraction of sp³-hybridized carbons (Fsp3) is 0.0667. The third-order valence-electron chi connectivity index (χ3n) is 2.75. The minimum Gasteiger partial charge on any atom is -0.872 e. The summed E-state index contributed by atoms with van der Waals surface area (Å²) in [4.78, 5) is 22.7. The maximum Gasteiger partial charge on any atom is 0.335 e. The highest BCUT2D eigenvalue weighted by Gasteiger charge is 2.09. The molecule has 0 saturated heterocycles. The molecule has 8 heteroatoms. The third-order valence-corrected chi connectivity index (χ3v) is 3.28. The molecule has 2 aromatic carbocycles. The van der Waals surface area contributed by atoms with Crippen LogP contribution in [0.2, 0.25) is 10.0 Å². The fourth-order valence-corrected chi connectivity index (χ4v) is 2.17. The first-order valence-corrected chi connectivity index (χ1v) is 7.04. The Balaban J connectivity index is 2.00. The van der Waals surface area contributed by atoms with Gasteiger partial charge in [0.05, 0.1) is 10.6 Å². The van der Waals surface area contributed by atoms with Crippen LogP contribution in [0.1, 0.15) is 10.4 Å². The van der Waals surface area contributed by atoms with Crippen molar-refractivity contribution >= 4 is 40.8 Å². The molecule has 2 aromatic rings. The van der Waals surface area contributed by atoms with Crippen LogP contribution in [0.3, 0.4) is 0 Å². The van der Waals surface area contributed by atoms with Crippen molar-refractivity contribution in [3.05, 3.63) is 52.0 Å². The van der Waals surface area contributed by atoms with E-state index in [0.29, 0.717) is 5.02 Å². The van der Waals surface area contributed by atoms with Crippen molar-refractivity contribution in [2.24, 2.45) is 0 Å². The molecule has 0 aliphatic carbocycles. The molecule has 0 aliphatic rings. The van der Waals surface area contributed by atoms with Crippen LogP contribution in [0.4, 0.5) is 5.69 Å². The smallest absolute Gasteiger partial charge is 0.335 e. The van der Waals surface area contributed by atoms with Gasteiger partial charge in [0.25, 0.3) is 5.91 Å². The van der Waals surface area contributed by atoms with E-state index in [1.54, 1.807) is 6.07 Å². The number of carboxylic acid groups (broad SMARTS) is 1. The molecule has 0 bridgehead atoms. The zero-order valence-corrected chi connectivity index (χ0v) is 13.0. The van der Waals surface area contributed by atoms with Gasteiger partial charge in [0.15, 0.2) is 6.61 Å². The van der Waals surface area contributed by atoms with Crippen LogP contribution >= 0.6 is 23.2 Å². The highest BCUT2D eigenvalue weighted by atomic mass is 35.5. The number of halogens is 2. The average molecular weight is 355 g/mol. The number of carboxylic acids is 1. The quantitative estimate of drug-likeness (QED) is 0.859. The number of hydrogen-bond acceptors (Lipinski definition) is 4. The summed E-state index contributed by atoms with van der Waals surface area (Å²) in [6.45, 7) is -0.344. The number of aromatic carboxylic acids is 1. The third kappa shape index (κ3) is 4.51. The van der Waals surface area contributed by atoms with E-state index in [9.17, 15) is 14.7 Å². The summed E-state index contributed by atoms with van der Waals surface area (Å²) in [7, 11) is 0. The molecule has 2 N–H and O–H groups in total. The minimum absolute atomic E-state index is 0.179. The lowest BCUT2D eigenvalue weighted by Gasteiger charge is -2.13. The van der Waals surface area contributed by atoms with Crippen molar-refractivity contribution < 1.29 is 24.5 Å². The minimum atomic E-state index is -1.37. The van der Waals surface area contributed by atoms with Crippen molar-refractivity contribution in [1.82, 2.24) is 0 Å². The van der Waals surface area contributed by atoms with E-state index in [4.69, 9.17) is 33.0 Å². The second-order valence-electron chi connectivity index (χ2n) is 4.43. The van der Waals surface area contributed by atoms with Crippen LogP contribution in [0.5, 0.6) is 11.5 Å². The molecule has 0 atom stereocenters. The maximum absolute atomic E-state index is 11.8. The number of hydrogen-bond donors (Lipinski definition) is 2. The molecule has 6 nitrogen and oxygen atoms in total. The van der Waals surface area contributed by atoms with Crippen molar-refractivity contribution in [2.75, 3.05) is 11.9 Å². The maximum atomic E-state index is 11.8. The standard InChI is InChI=1S/C15H11Cl2NO5/c16-8-1-4-13(11(17)5-8)23-7-14(20)18-9-2-3-12(19)10(6-9)15(21)22/h1-6,19H,7H2,(H,18,20)(H,21,22)/p-1. The summed E-state index contributed by atoms with van der Waals surface area (Å²) in [6, 6.07) is 8.01. The van der Waals surface area contributed by atoms with Gasteiger partial charge in [0.2, 0.25) is 0 Å². The lowest BCUT2D eigenvalue weighted by atomic mass is 10.2. The Kier molecular flexibility index (Phi) is 5.31. The Bertz CT molecular complexity index is 764. The van der Waals surface area contributed by atoms with E-state index in [1.807, 2.05) is 0 Å². The first-order chi connectivity index (χ1) is 10.9. The number of ether oxygens (including phenoxy) is 1. The molecule has 0 saturated carbocycles. The van der Waals surface area contributed by atoms with E-state index in [2.05, 4.69) is 5.32 Å². The molecule has 1 amide bonds. The van der Waals surface area contributed by atoms with E-state index in [0.717, 1.165) is 12.1 Å². The first kappa shape index (κ1) is 16.9. The molecule has 120 valence electrons. The van der Waals surface area contributed by atoms with Gasteiger partial charge >= 0.3 is 5.97 Å². The van der Waals surface area contributed by atoms with Gasteiger partial charge in [-0.1, -0.05) is 35.0 Å². The summed E-state index contributed by atoms with van der Waals surface area (Å²) in [5, 5.41) is 23.3. The first-order valence-electron chi connectivity index (χ1n) is 6.29. The summed E-state index contributed by atoms with van der Waals surface area (Å²) in [5.74, 6) is -2.26. The molecule has 23 heavy (non-hydrogen) atoms. The summed E-state index contributed by atoms with van der Waals surface area (Å²) in [6.07, 6.45) is 0. The summed E-state index contributed by atoms with van der Waals surface area (Å²) in [5.41, 5.74) is -0.248. The van der Waals surface area contributed by atoms with Crippen molar-refractivity contribution in [3.63, 3.8) is 0 Å². The van der Waals surface area contributed by atoms with E-state index >= 15 is 0 Å². The lowest BCUT2D eigenvalue weighted by molar-refractivity contribution is -0.268. The van der Waals surface area contributed by atoms with Crippen molar-refractivity contribution in [3.8, 4) is 11.5 Å². The lowest BCUT2D eigenvalue weighted by Crippen LogP contribution is -2.20. The second kappa shape index (κ2) is 7.21. The molecule has 0 heterocycles. The molecule has 0 radical (unpaired) electrons. The van der Waals surface area contributed by atoms with Crippen LogP contribution in [0, 0.1) is 0 Å². The van der Waals surface area contributed by atoms with Gasteiger partial charge < -0.3 is 20.3 Å². The number of nitrogens with one attached hydrogen (secondary N) is 1. The van der Waals surface area contributed by atoms with Crippen LogP contribution in [0.25, 0.3) is 0 Å². The Labute approximate surface area is 141 Å². The number of rotatable bonds is 5. The van der Waals surface area contributed by atoms with E-state index < -0.39 is 23.2 Å². The normalized spacial score (nSPS) is 10.2. The van der Waals surface area contributed by atoms with Crippen LogP contribution < -0.4 is 15.2 Å². The SMILES string of the molecule is O=C(COc1ccc(Cl)cc1Cl)Nc1ccc([O-])c(C(=O)O)c1. The number of benzene rings is 2.